The van der Waals surface area contributed by atoms with Gasteiger partial charge in [0.15, 0.2) is 5.82 Å². The summed E-state index contributed by atoms with van der Waals surface area (Å²) < 4.78 is 12.8. The monoisotopic (exact) mass is 332 g/mol. The van der Waals surface area contributed by atoms with Crippen LogP contribution in [-0.2, 0) is 11.3 Å². The van der Waals surface area contributed by atoms with Gasteiger partial charge in [-0.15, -0.1) is 10.2 Å². The molecular formula is C15H20N6O3. The average molecular weight is 332 g/mol. The minimum Gasteiger partial charge on any atom is -0.480 e. The Morgan fingerprint density at radius 3 is 3.21 bits per heavy atom. The molecule has 0 radical (unpaired) electrons. The molecule has 1 aliphatic heterocycles. The number of pyridine rings is 1. The van der Waals surface area contributed by atoms with Gasteiger partial charge in [-0.05, 0) is 19.1 Å². The molecule has 1 fully saturated rings. The Morgan fingerprint density at radius 1 is 1.54 bits per heavy atom. The highest BCUT2D eigenvalue weighted by molar-refractivity contribution is 5.90. The van der Waals surface area contributed by atoms with E-state index in [2.05, 4.69) is 20.5 Å². The number of urea groups is 1. The first-order valence-electron chi connectivity index (χ1n) is 7.77. The van der Waals surface area contributed by atoms with Crippen molar-refractivity contribution in [2.24, 2.45) is 0 Å². The van der Waals surface area contributed by atoms with Gasteiger partial charge >= 0.3 is 6.03 Å². The highest BCUT2D eigenvalue weighted by Gasteiger charge is 2.29. The van der Waals surface area contributed by atoms with E-state index in [0.29, 0.717) is 31.3 Å². The normalized spacial score (nSPS) is 17.6. The topological polar surface area (TPSA) is 94.4 Å². The summed E-state index contributed by atoms with van der Waals surface area (Å²) in [6.07, 6.45) is 2.98. The molecule has 0 spiro atoms. The van der Waals surface area contributed by atoms with Crippen LogP contribution in [0.3, 0.4) is 0 Å². The van der Waals surface area contributed by atoms with Gasteiger partial charge in [0.1, 0.15) is 18.1 Å². The number of hydrogen-bond donors (Lipinski definition) is 1. The van der Waals surface area contributed by atoms with Gasteiger partial charge in [0, 0.05) is 19.3 Å². The number of aryl methyl sites for hydroxylation is 1. The predicted molar refractivity (Wildman–Crippen MR) is 85.8 cm³/mol. The first-order valence-corrected chi connectivity index (χ1v) is 7.77. The minimum absolute atomic E-state index is 0.225. The SMILES string of the molecule is CCn1cnnc1C1CN(C(=O)Nc2cccnc2OC)CCO1. The molecule has 1 N–H and O–H groups in total. The van der Waals surface area contributed by atoms with Crippen LogP contribution in [0.2, 0.25) is 0 Å². The van der Waals surface area contributed by atoms with E-state index in [9.17, 15) is 4.79 Å². The second-order valence-corrected chi connectivity index (χ2v) is 5.27. The van der Waals surface area contributed by atoms with Gasteiger partial charge in [-0.3, -0.25) is 0 Å². The Bertz CT molecular complexity index is 704. The summed E-state index contributed by atoms with van der Waals surface area (Å²) in [5.41, 5.74) is 0.532. The molecule has 2 amide bonds. The predicted octanol–water partition coefficient (Wildman–Crippen LogP) is 1.31. The Hall–Kier alpha value is -2.68. The molecular weight excluding hydrogens is 312 g/mol. The lowest BCUT2D eigenvalue weighted by Gasteiger charge is -2.32. The molecule has 24 heavy (non-hydrogen) atoms. The fourth-order valence-corrected chi connectivity index (χ4v) is 2.59. The second-order valence-electron chi connectivity index (χ2n) is 5.27. The van der Waals surface area contributed by atoms with Crippen LogP contribution in [0.5, 0.6) is 5.88 Å². The molecule has 0 saturated carbocycles. The highest BCUT2D eigenvalue weighted by atomic mass is 16.5. The van der Waals surface area contributed by atoms with E-state index in [1.54, 1.807) is 29.6 Å². The molecule has 128 valence electrons. The average Bonchev–Trinajstić information content (AvgIpc) is 3.11. The molecule has 3 rings (SSSR count). The Balaban J connectivity index is 1.69. The van der Waals surface area contributed by atoms with Gasteiger partial charge in [-0.2, -0.15) is 0 Å². The van der Waals surface area contributed by atoms with Crippen molar-refractivity contribution in [2.45, 2.75) is 19.6 Å². The van der Waals surface area contributed by atoms with Gasteiger partial charge in [0.2, 0.25) is 5.88 Å². The molecule has 0 aromatic carbocycles. The zero-order chi connectivity index (χ0) is 16.9. The number of methoxy groups -OCH3 is 1. The molecule has 1 unspecified atom stereocenters. The van der Waals surface area contributed by atoms with Crippen LogP contribution in [0.15, 0.2) is 24.7 Å². The maximum absolute atomic E-state index is 12.5. The number of anilines is 1. The number of amides is 2. The smallest absolute Gasteiger partial charge is 0.322 e. The minimum atomic E-state index is -0.289. The lowest BCUT2D eigenvalue weighted by atomic mass is 10.2. The number of carbonyl (C=O) groups is 1. The van der Waals surface area contributed by atoms with E-state index in [1.807, 2.05) is 11.5 Å². The molecule has 3 heterocycles. The fourth-order valence-electron chi connectivity index (χ4n) is 2.59. The van der Waals surface area contributed by atoms with Crippen LogP contribution in [0.1, 0.15) is 18.9 Å². The van der Waals surface area contributed by atoms with Gasteiger partial charge < -0.3 is 24.3 Å². The molecule has 1 saturated heterocycles. The molecule has 1 aliphatic rings. The molecule has 9 nitrogen and oxygen atoms in total. The van der Waals surface area contributed by atoms with Crippen molar-refractivity contribution in [3.8, 4) is 5.88 Å². The van der Waals surface area contributed by atoms with Crippen LogP contribution in [0, 0.1) is 0 Å². The summed E-state index contributed by atoms with van der Waals surface area (Å²) in [6, 6.07) is 3.26. The van der Waals surface area contributed by atoms with Gasteiger partial charge in [0.05, 0.1) is 20.3 Å². The number of hydrogen-bond acceptors (Lipinski definition) is 6. The van der Waals surface area contributed by atoms with Crippen molar-refractivity contribution in [3.05, 3.63) is 30.5 Å². The summed E-state index contributed by atoms with van der Waals surface area (Å²) >= 11 is 0. The standard InChI is InChI=1S/C15H20N6O3/c1-3-20-10-17-19-13(20)12-9-21(7-8-24-12)15(22)18-11-5-4-6-16-14(11)23-2/h4-6,10,12H,3,7-9H2,1-2H3,(H,18,22). The molecule has 9 heteroatoms. The van der Waals surface area contributed by atoms with E-state index in [0.717, 1.165) is 12.4 Å². The highest BCUT2D eigenvalue weighted by Crippen LogP contribution is 2.23. The molecule has 0 aliphatic carbocycles. The van der Waals surface area contributed by atoms with E-state index >= 15 is 0 Å². The van der Waals surface area contributed by atoms with E-state index < -0.39 is 0 Å². The van der Waals surface area contributed by atoms with Gasteiger partial charge in [-0.1, -0.05) is 0 Å². The Labute approximate surface area is 139 Å². The van der Waals surface area contributed by atoms with Crippen LogP contribution < -0.4 is 10.1 Å². The first-order chi connectivity index (χ1) is 11.7. The van der Waals surface area contributed by atoms with Gasteiger partial charge in [0.25, 0.3) is 0 Å². The van der Waals surface area contributed by atoms with Gasteiger partial charge in [-0.25, -0.2) is 9.78 Å². The summed E-state index contributed by atoms with van der Waals surface area (Å²) in [4.78, 5) is 18.3. The molecule has 0 bridgehead atoms. The van der Waals surface area contributed by atoms with E-state index in [-0.39, 0.29) is 12.1 Å². The number of nitrogens with one attached hydrogen (secondary N) is 1. The van der Waals surface area contributed by atoms with Crippen LogP contribution in [0.4, 0.5) is 10.5 Å². The van der Waals surface area contributed by atoms with E-state index in [4.69, 9.17) is 9.47 Å². The molecule has 2 aromatic heterocycles. The number of aromatic nitrogens is 4. The summed E-state index contributed by atoms with van der Waals surface area (Å²) in [7, 11) is 1.51. The van der Waals surface area contributed by atoms with Crippen LogP contribution >= 0.6 is 0 Å². The van der Waals surface area contributed by atoms with Crippen molar-refractivity contribution < 1.29 is 14.3 Å². The lowest BCUT2D eigenvalue weighted by molar-refractivity contribution is -0.0199. The zero-order valence-corrected chi connectivity index (χ0v) is 13.7. The first kappa shape index (κ1) is 16.2. The molecule has 1 atom stereocenters. The third kappa shape index (κ3) is 3.30. The third-order valence-corrected chi connectivity index (χ3v) is 3.83. The Kier molecular flexibility index (Phi) is 4.90. The van der Waals surface area contributed by atoms with Crippen molar-refractivity contribution in [1.29, 1.82) is 0 Å². The second kappa shape index (κ2) is 7.26. The van der Waals surface area contributed by atoms with Crippen molar-refractivity contribution in [3.63, 3.8) is 0 Å². The number of nitrogens with zero attached hydrogens (tertiary/aromatic N) is 5. The maximum Gasteiger partial charge on any atom is 0.322 e. The van der Waals surface area contributed by atoms with Crippen molar-refractivity contribution in [2.75, 3.05) is 32.1 Å². The van der Waals surface area contributed by atoms with E-state index in [1.165, 1.54) is 7.11 Å². The van der Waals surface area contributed by atoms with Crippen molar-refractivity contribution >= 4 is 11.7 Å². The number of morpholine rings is 1. The lowest BCUT2D eigenvalue weighted by Crippen LogP contribution is -2.45. The van der Waals surface area contributed by atoms with Crippen LogP contribution in [-0.4, -0.2) is 57.5 Å². The summed E-state index contributed by atoms with van der Waals surface area (Å²) in [5, 5.41) is 10.9. The maximum atomic E-state index is 12.5. The summed E-state index contributed by atoms with van der Waals surface area (Å²) in [6.45, 7) is 4.12. The number of rotatable bonds is 4. The van der Waals surface area contributed by atoms with Crippen LogP contribution in [0.25, 0.3) is 0 Å². The summed E-state index contributed by atoms with van der Waals surface area (Å²) in [5.74, 6) is 1.11. The fraction of sp³-hybridized carbons (Fsp3) is 0.467. The van der Waals surface area contributed by atoms with Crippen molar-refractivity contribution in [1.82, 2.24) is 24.6 Å². The third-order valence-electron chi connectivity index (χ3n) is 3.83. The Morgan fingerprint density at radius 2 is 2.42 bits per heavy atom. The largest absolute Gasteiger partial charge is 0.480 e. The number of ether oxygens (including phenoxy) is 2. The zero-order valence-electron chi connectivity index (χ0n) is 13.7. The molecule has 2 aromatic rings. The quantitative estimate of drug-likeness (QED) is 0.907. The number of carbonyl (C=O) groups excluding carboxylic acids is 1.